The normalized spacial score (nSPS) is 16.8. The van der Waals surface area contributed by atoms with Crippen LogP contribution in [0.15, 0.2) is 83.6 Å². The molecule has 0 aliphatic heterocycles. The van der Waals surface area contributed by atoms with Crippen molar-refractivity contribution in [3.63, 3.8) is 0 Å². The predicted molar refractivity (Wildman–Crippen MR) is 124 cm³/mol. The second kappa shape index (κ2) is 8.24. The molecule has 1 aliphatic rings. The van der Waals surface area contributed by atoms with Gasteiger partial charge in [0.25, 0.3) is 0 Å². The van der Waals surface area contributed by atoms with Crippen LogP contribution in [-0.4, -0.2) is 16.9 Å². The van der Waals surface area contributed by atoms with Gasteiger partial charge in [-0.3, -0.25) is 4.98 Å². The SMILES string of the molecule is CCC1CC(C)=CC(C)=C1N(C)Cc1cccc(-c2cccc3ccccc23)n1. The number of allylic oxidation sites excluding steroid dienone is 4. The predicted octanol–water partition coefficient (Wildman–Crippen LogP) is 6.98. The van der Waals surface area contributed by atoms with Crippen LogP contribution in [0.3, 0.4) is 0 Å². The van der Waals surface area contributed by atoms with Crippen molar-refractivity contribution >= 4 is 10.8 Å². The molecule has 0 bridgehead atoms. The number of pyridine rings is 1. The largest absolute Gasteiger partial charge is 0.372 e. The summed E-state index contributed by atoms with van der Waals surface area (Å²) in [6.45, 7) is 7.62. The number of fused-ring (bicyclic) bond motifs is 1. The first kappa shape index (κ1) is 19.4. The van der Waals surface area contributed by atoms with Crippen molar-refractivity contribution in [2.75, 3.05) is 7.05 Å². The highest BCUT2D eigenvalue weighted by Crippen LogP contribution is 2.34. The van der Waals surface area contributed by atoms with E-state index in [0.29, 0.717) is 5.92 Å². The van der Waals surface area contributed by atoms with E-state index in [1.165, 1.54) is 39.6 Å². The zero-order valence-corrected chi connectivity index (χ0v) is 17.9. The second-order valence-corrected chi connectivity index (χ2v) is 8.27. The molecule has 1 aliphatic carbocycles. The van der Waals surface area contributed by atoms with Gasteiger partial charge in [-0.2, -0.15) is 0 Å². The maximum atomic E-state index is 5.04. The molecule has 0 N–H and O–H groups in total. The Morgan fingerprint density at radius 2 is 1.72 bits per heavy atom. The molecular formula is C27H30N2. The molecule has 148 valence electrons. The van der Waals surface area contributed by atoms with Crippen LogP contribution >= 0.6 is 0 Å². The van der Waals surface area contributed by atoms with E-state index in [-0.39, 0.29) is 0 Å². The smallest absolute Gasteiger partial charge is 0.0712 e. The minimum Gasteiger partial charge on any atom is -0.372 e. The van der Waals surface area contributed by atoms with Crippen LogP contribution in [0.2, 0.25) is 0 Å². The van der Waals surface area contributed by atoms with Crippen molar-refractivity contribution in [2.45, 2.75) is 40.2 Å². The molecule has 4 rings (SSSR count). The zero-order chi connectivity index (χ0) is 20.4. The molecule has 2 aromatic carbocycles. The van der Waals surface area contributed by atoms with Crippen molar-refractivity contribution < 1.29 is 0 Å². The van der Waals surface area contributed by atoms with Gasteiger partial charge in [0.15, 0.2) is 0 Å². The summed E-state index contributed by atoms with van der Waals surface area (Å²) in [7, 11) is 2.21. The molecule has 2 nitrogen and oxygen atoms in total. The summed E-state index contributed by atoms with van der Waals surface area (Å²) in [5, 5.41) is 2.51. The Bertz CT molecular complexity index is 1090. The molecule has 0 fully saturated rings. The van der Waals surface area contributed by atoms with Gasteiger partial charge < -0.3 is 4.90 Å². The number of hydrogen-bond acceptors (Lipinski definition) is 2. The Morgan fingerprint density at radius 1 is 0.966 bits per heavy atom. The highest BCUT2D eigenvalue weighted by molar-refractivity contribution is 5.95. The summed E-state index contributed by atoms with van der Waals surface area (Å²) in [4.78, 5) is 7.44. The summed E-state index contributed by atoms with van der Waals surface area (Å²) in [5.74, 6) is 0.603. The van der Waals surface area contributed by atoms with Crippen LogP contribution in [-0.2, 0) is 6.54 Å². The summed E-state index contributed by atoms with van der Waals surface area (Å²) < 4.78 is 0. The van der Waals surface area contributed by atoms with Gasteiger partial charge in [0.1, 0.15) is 0 Å². The molecule has 29 heavy (non-hydrogen) atoms. The molecule has 1 heterocycles. The van der Waals surface area contributed by atoms with Gasteiger partial charge in [-0.15, -0.1) is 0 Å². The zero-order valence-electron chi connectivity index (χ0n) is 17.9. The third kappa shape index (κ3) is 3.98. The molecule has 0 amide bonds. The van der Waals surface area contributed by atoms with Gasteiger partial charge in [-0.1, -0.05) is 67.1 Å². The fourth-order valence-electron chi connectivity index (χ4n) is 4.75. The molecule has 0 saturated heterocycles. The molecule has 1 aromatic heterocycles. The summed E-state index contributed by atoms with van der Waals surface area (Å²) in [6, 6.07) is 21.4. The average Bonchev–Trinajstić information content (AvgIpc) is 2.72. The molecule has 0 spiro atoms. The Balaban J connectivity index is 1.65. The fraction of sp³-hybridized carbons (Fsp3) is 0.296. The molecule has 3 aromatic rings. The molecule has 1 atom stereocenters. The standard InChI is InChI=1S/C27H30N2/c1-5-21-17-19(2)16-20(3)27(21)29(4)18-23-12-9-15-26(28-23)25-14-8-11-22-10-6-7-13-24(22)25/h6-16,21H,5,17-18H2,1-4H3. The maximum Gasteiger partial charge on any atom is 0.0712 e. The van der Waals surface area contributed by atoms with Crippen molar-refractivity contribution in [1.82, 2.24) is 9.88 Å². The van der Waals surface area contributed by atoms with E-state index in [2.05, 4.69) is 99.5 Å². The van der Waals surface area contributed by atoms with Crippen molar-refractivity contribution in [3.8, 4) is 11.3 Å². The van der Waals surface area contributed by atoms with Gasteiger partial charge >= 0.3 is 0 Å². The monoisotopic (exact) mass is 382 g/mol. The minimum atomic E-state index is 0.603. The lowest BCUT2D eigenvalue weighted by atomic mass is 9.85. The van der Waals surface area contributed by atoms with Gasteiger partial charge in [0.2, 0.25) is 0 Å². The Morgan fingerprint density at radius 3 is 2.55 bits per heavy atom. The lowest BCUT2D eigenvalue weighted by molar-refractivity contribution is 0.332. The molecule has 1 unspecified atom stereocenters. The second-order valence-electron chi connectivity index (χ2n) is 8.27. The number of benzene rings is 2. The highest BCUT2D eigenvalue weighted by atomic mass is 15.1. The minimum absolute atomic E-state index is 0.603. The first-order valence-corrected chi connectivity index (χ1v) is 10.6. The van der Waals surface area contributed by atoms with Gasteiger partial charge in [0, 0.05) is 24.2 Å². The van der Waals surface area contributed by atoms with Crippen LogP contribution in [0.4, 0.5) is 0 Å². The Hall–Kier alpha value is -2.87. The van der Waals surface area contributed by atoms with Gasteiger partial charge in [-0.25, -0.2) is 0 Å². The van der Waals surface area contributed by atoms with Gasteiger partial charge in [-0.05, 0) is 55.2 Å². The third-order valence-electron chi connectivity index (χ3n) is 6.00. The summed E-state index contributed by atoms with van der Waals surface area (Å²) >= 11 is 0. The maximum absolute atomic E-state index is 5.04. The number of hydrogen-bond donors (Lipinski definition) is 0. The van der Waals surface area contributed by atoms with Crippen LogP contribution in [0.1, 0.15) is 39.3 Å². The lowest BCUT2D eigenvalue weighted by Crippen LogP contribution is -2.26. The third-order valence-corrected chi connectivity index (χ3v) is 6.00. The number of nitrogens with zero attached hydrogens (tertiary/aromatic N) is 2. The molecule has 2 heteroatoms. The van der Waals surface area contributed by atoms with E-state index in [1.54, 1.807) is 0 Å². The molecule has 0 radical (unpaired) electrons. The first-order valence-electron chi connectivity index (χ1n) is 10.6. The van der Waals surface area contributed by atoms with E-state index in [4.69, 9.17) is 4.98 Å². The van der Waals surface area contributed by atoms with E-state index in [0.717, 1.165) is 24.4 Å². The number of aromatic nitrogens is 1. The van der Waals surface area contributed by atoms with Crippen LogP contribution in [0.5, 0.6) is 0 Å². The van der Waals surface area contributed by atoms with E-state index >= 15 is 0 Å². The van der Waals surface area contributed by atoms with Crippen LogP contribution < -0.4 is 0 Å². The van der Waals surface area contributed by atoms with E-state index < -0.39 is 0 Å². The van der Waals surface area contributed by atoms with Crippen molar-refractivity contribution in [3.05, 3.63) is 89.3 Å². The summed E-state index contributed by atoms with van der Waals surface area (Å²) in [6.07, 6.45) is 4.68. The fourth-order valence-corrected chi connectivity index (χ4v) is 4.75. The Kier molecular flexibility index (Phi) is 5.53. The molecular weight excluding hydrogens is 352 g/mol. The topological polar surface area (TPSA) is 16.1 Å². The van der Waals surface area contributed by atoms with Crippen LogP contribution in [0.25, 0.3) is 22.0 Å². The van der Waals surface area contributed by atoms with Crippen molar-refractivity contribution in [2.24, 2.45) is 5.92 Å². The quantitative estimate of drug-likeness (QED) is 0.473. The first-order chi connectivity index (χ1) is 14.1. The van der Waals surface area contributed by atoms with Crippen molar-refractivity contribution in [1.29, 1.82) is 0 Å². The van der Waals surface area contributed by atoms with Crippen LogP contribution in [0, 0.1) is 5.92 Å². The Labute approximate surface area is 174 Å². The lowest BCUT2D eigenvalue weighted by Gasteiger charge is -2.33. The van der Waals surface area contributed by atoms with E-state index in [9.17, 15) is 0 Å². The number of rotatable bonds is 5. The highest BCUT2D eigenvalue weighted by Gasteiger charge is 2.22. The molecule has 0 saturated carbocycles. The summed E-state index contributed by atoms with van der Waals surface area (Å²) in [5.41, 5.74) is 7.71. The van der Waals surface area contributed by atoms with E-state index in [1.807, 2.05) is 0 Å². The van der Waals surface area contributed by atoms with Gasteiger partial charge in [0.05, 0.1) is 17.9 Å². The average molecular weight is 383 g/mol.